The van der Waals surface area contributed by atoms with Gasteiger partial charge in [-0.15, -0.1) is 0 Å². The predicted octanol–water partition coefficient (Wildman–Crippen LogP) is -0.0406. The Morgan fingerprint density at radius 3 is 2.24 bits per heavy atom. The Labute approximate surface area is 283 Å². The fourth-order valence-electron chi connectivity index (χ4n) is 6.23. The molecule has 5 amide bonds. The third-order valence-corrected chi connectivity index (χ3v) is 8.74. The Balaban J connectivity index is 1.45. The normalized spacial score (nSPS) is 22.2. The van der Waals surface area contributed by atoms with E-state index in [4.69, 9.17) is 11.5 Å². The summed E-state index contributed by atoms with van der Waals surface area (Å²) in [5.41, 5.74) is 12.4. The predicted molar refractivity (Wildman–Crippen MR) is 183 cm³/mol. The molecule has 0 unspecified atom stereocenters. The highest BCUT2D eigenvalue weighted by molar-refractivity contribution is 5.97. The van der Waals surface area contributed by atoms with Gasteiger partial charge in [0.05, 0.1) is 6.54 Å². The maximum Gasteiger partial charge on any atom is 0.246 e. The Hall–Kier alpha value is -5.66. The van der Waals surface area contributed by atoms with Gasteiger partial charge in [0.1, 0.15) is 29.9 Å². The molecule has 3 aromatic carbocycles. The number of guanidine groups is 1. The van der Waals surface area contributed by atoms with Crippen molar-refractivity contribution >= 4 is 46.3 Å². The molecule has 0 aromatic heterocycles. The molecule has 49 heavy (non-hydrogen) atoms. The van der Waals surface area contributed by atoms with Crippen LogP contribution in [0.15, 0.2) is 71.7 Å². The molecule has 3 aromatic rings. The number of aromatic hydroxyl groups is 1. The van der Waals surface area contributed by atoms with Crippen molar-refractivity contribution in [1.29, 1.82) is 0 Å². The summed E-state index contributed by atoms with van der Waals surface area (Å²) in [5.74, 6) is -2.87. The summed E-state index contributed by atoms with van der Waals surface area (Å²) in [6.45, 7) is 0.0410. The second kappa shape index (κ2) is 16.0. The first-order valence-corrected chi connectivity index (χ1v) is 16.4. The molecule has 2 saturated heterocycles. The number of hydrogen-bond donors (Lipinski definition) is 7. The highest BCUT2D eigenvalue weighted by atomic mass is 16.3. The van der Waals surface area contributed by atoms with Crippen molar-refractivity contribution in [2.45, 2.75) is 62.7 Å². The fraction of sp³-hybridized carbons (Fsp3) is 0.371. The lowest BCUT2D eigenvalue weighted by Crippen LogP contribution is -2.57. The summed E-state index contributed by atoms with van der Waals surface area (Å²) in [6, 6.07) is 15.6. The zero-order chi connectivity index (χ0) is 34.9. The van der Waals surface area contributed by atoms with Gasteiger partial charge in [-0.1, -0.05) is 54.6 Å². The van der Waals surface area contributed by atoms with Crippen molar-refractivity contribution in [2.75, 3.05) is 19.6 Å². The van der Waals surface area contributed by atoms with Crippen LogP contribution >= 0.6 is 0 Å². The number of carbonyl (C=O) groups is 5. The maximum absolute atomic E-state index is 13.9. The first-order valence-electron chi connectivity index (χ1n) is 16.4. The number of nitrogens with zero attached hydrogens (tertiary/aromatic N) is 2. The van der Waals surface area contributed by atoms with E-state index < -0.39 is 60.2 Å². The number of benzene rings is 3. The van der Waals surface area contributed by atoms with E-state index in [1.54, 1.807) is 12.1 Å². The highest BCUT2D eigenvalue weighted by Crippen LogP contribution is 2.22. The van der Waals surface area contributed by atoms with Crippen LogP contribution in [-0.2, 0) is 36.8 Å². The number of aliphatic imine (C=N–C) groups is 1. The van der Waals surface area contributed by atoms with Gasteiger partial charge in [-0.2, -0.15) is 0 Å². The van der Waals surface area contributed by atoms with Crippen molar-refractivity contribution in [2.24, 2.45) is 16.5 Å². The second-order valence-electron chi connectivity index (χ2n) is 12.4. The molecule has 4 atom stereocenters. The lowest BCUT2D eigenvalue weighted by molar-refractivity contribution is -0.142. The first kappa shape index (κ1) is 34.7. The molecule has 0 bridgehead atoms. The molecular formula is C35H42N8O6. The third-order valence-electron chi connectivity index (χ3n) is 8.74. The SMILES string of the molecule is NC(N)=NCCC[C@@H]1NC(=O)[C@H]2CCCN2C(=O)[C@@H](Cc2ccc(O)cc2)NC(=O)CNC(=O)[C@H](Cc2ccc3ccccc3c2)NC1=O. The van der Waals surface area contributed by atoms with Gasteiger partial charge in [-0.05, 0) is 59.7 Å². The van der Waals surface area contributed by atoms with Gasteiger partial charge >= 0.3 is 0 Å². The van der Waals surface area contributed by atoms with E-state index in [1.165, 1.54) is 17.0 Å². The summed E-state index contributed by atoms with van der Waals surface area (Å²) >= 11 is 0. The molecular weight excluding hydrogens is 628 g/mol. The molecule has 2 fully saturated rings. The van der Waals surface area contributed by atoms with Gasteiger partial charge in [0.15, 0.2) is 5.96 Å². The number of nitrogens with one attached hydrogen (secondary N) is 4. The molecule has 0 aliphatic carbocycles. The van der Waals surface area contributed by atoms with Crippen LogP contribution in [-0.4, -0.2) is 89.3 Å². The molecule has 14 heteroatoms. The molecule has 258 valence electrons. The number of amides is 5. The van der Waals surface area contributed by atoms with Crippen LogP contribution in [0, 0.1) is 0 Å². The number of fused-ring (bicyclic) bond motifs is 2. The van der Waals surface area contributed by atoms with Crippen molar-refractivity contribution in [3.8, 4) is 5.75 Å². The number of rotatable bonds is 8. The summed E-state index contributed by atoms with van der Waals surface area (Å²) in [5, 5.41) is 22.7. The van der Waals surface area contributed by atoms with Gasteiger partial charge in [-0.25, -0.2) is 0 Å². The monoisotopic (exact) mass is 670 g/mol. The van der Waals surface area contributed by atoms with Gasteiger partial charge in [-0.3, -0.25) is 29.0 Å². The zero-order valence-corrected chi connectivity index (χ0v) is 27.1. The van der Waals surface area contributed by atoms with E-state index >= 15 is 0 Å². The maximum atomic E-state index is 13.9. The van der Waals surface area contributed by atoms with E-state index in [9.17, 15) is 29.1 Å². The van der Waals surface area contributed by atoms with Crippen molar-refractivity contribution in [3.63, 3.8) is 0 Å². The van der Waals surface area contributed by atoms with E-state index in [2.05, 4.69) is 26.3 Å². The lowest BCUT2D eigenvalue weighted by Gasteiger charge is -2.30. The van der Waals surface area contributed by atoms with Crippen LogP contribution in [0.25, 0.3) is 10.8 Å². The average Bonchev–Trinajstić information content (AvgIpc) is 3.58. The summed E-state index contributed by atoms with van der Waals surface area (Å²) < 4.78 is 0. The lowest BCUT2D eigenvalue weighted by atomic mass is 10.0. The van der Waals surface area contributed by atoms with Crippen molar-refractivity contribution in [3.05, 3.63) is 77.9 Å². The molecule has 2 aliphatic heterocycles. The minimum Gasteiger partial charge on any atom is -0.508 e. The van der Waals surface area contributed by atoms with Gasteiger partial charge < -0.3 is 42.7 Å². The number of phenols is 1. The Kier molecular flexibility index (Phi) is 11.3. The van der Waals surface area contributed by atoms with Crippen LogP contribution in [0.5, 0.6) is 5.75 Å². The van der Waals surface area contributed by atoms with Crippen molar-refractivity contribution < 1.29 is 29.1 Å². The quantitative estimate of drug-likeness (QED) is 0.0977. The number of nitrogens with two attached hydrogens (primary N) is 2. The molecule has 2 heterocycles. The van der Waals surface area contributed by atoms with Crippen LogP contribution in [0.2, 0.25) is 0 Å². The van der Waals surface area contributed by atoms with Crippen LogP contribution in [0.1, 0.15) is 36.8 Å². The molecule has 0 saturated carbocycles. The van der Waals surface area contributed by atoms with Crippen molar-refractivity contribution in [1.82, 2.24) is 26.2 Å². The Bertz CT molecular complexity index is 1720. The fourth-order valence-corrected chi connectivity index (χ4v) is 6.23. The average molecular weight is 671 g/mol. The summed E-state index contributed by atoms with van der Waals surface area (Å²) in [7, 11) is 0. The highest BCUT2D eigenvalue weighted by Gasteiger charge is 2.39. The molecule has 5 rings (SSSR count). The standard InChI is InChI=1S/C35H42N8O6/c36-35(37)38-15-3-7-26-32(47)42-27(19-22-9-12-23-5-1-2-6-24(23)17-22)31(46)39-20-30(45)40-28(18-21-10-13-25(44)14-11-21)34(49)43-16-4-8-29(43)33(48)41-26/h1-2,5-6,9-14,17,26-29,44H,3-4,7-8,15-16,18-20H2,(H,39,46)(H,40,45)(H,41,48)(H,42,47)(H4,36,37,38)/t26-,27-,28+,29+/m0/s1. The van der Waals surface area contributed by atoms with Crippen LogP contribution < -0.4 is 32.7 Å². The summed E-state index contributed by atoms with van der Waals surface area (Å²) in [4.78, 5) is 73.7. The Morgan fingerprint density at radius 2 is 1.49 bits per heavy atom. The van der Waals surface area contributed by atoms with Crippen LogP contribution in [0.4, 0.5) is 0 Å². The molecule has 0 spiro atoms. The number of carbonyl (C=O) groups excluding carboxylic acids is 5. The van der Waals surface area contributed by atoms with Crippen LogP contribution in [0.3, 0.4) is 0 Å². The molecule has 2 aliphatic rings. The third kappa shape index (κ3) is 9.24. The Morgan fingerprint density at radius 1 is 0.796 bits per heavy atom. The van der Waals surface area contributed by atoms with Gasteiger partial charge in [0.25, 0.3) is 0 Å². The minimum atomic E-state index is -1.10. The smallest absolute Gasteiger partial charge is 0.246 e. The van der Waals surface area contributed by atoms with Gasteiger partial charge in [0, 0.05) is 25.9 Å². The van der Waals surface area contributed by atoms with E-state index in [-0.39, 0.29) is 44.1 Å². The van der Waals surface area contributed by atoms with E-state index in [1.807, 2.05) is 42.5 Å². The minimum absolute atomic E-state index is 0.0504. The topological polar surface area (TPSA) is 221 Å². The largest absolute Gasteiger partial charge is 0.508 e. The summed E-state index contributed by atoms with van der Waals surface area (Å²) in [6.07, 6.45) is 1.61. The molecule has 14 nitrogen and oxygen atoms in total. The first-order chi connectivity index (χ1) is 23.6. The van der Waals surface area contributed by atoms with E-state index in [0.717, 1.165) is 16.3 Å². The molecule has 0 radical (unpaired) electrons. The molecule has 9 N–H and O–H groups in total. The zero-order valence-electron chi connectivity index (χ0n) is 27.1. The second-order valence-corrected chi connectivity index (χ2v) is 12.4. The number of phenolic OH excluding ortho intramolecular Hbond substituents is 1. The van der Waals surface area contributed by atoms with Gasteiger partial charge in [0.2, 0.25) is 29.5 Å². The van der Waals surface area contributed by atoms with E-state index in [0.29, 0.717) is 24.8 Å². The number of hydrogen-bond acceptors (Lipinski definition) is 7.